The number of nitrogen functional groups attached to an aromatic ring is 1. The second-order valence-electron chi connectivity index (χ2n) is 9.54. The SMILES string of the molecule is C=C(c1nc2c(C(=O)N3CCOCC3)cccc2[nH]1)c1cc(-c2cncc(NC(=O)C(C)C)c2)cnc1NN. The van der Waals surface area contributed by atoms with Crippen molar-refractivity contribution in [1.82, 2.24) is 24.8 Å². The molecule has 5 rings (SSSR count). The first-order chi connectivity index (χ1) is 18.9. The highest BCUT2D eigenvalue weighted by atomic mass is 16.5. The number of hydrazine groups is 1. The fourth-order valence-corrected chi connectivity index (χ4v) is 4.33. The van der Waals surface area contributed by atoms with Gasteiger partial charge >= 0.3 is 0 Å². The van der Waals surface area contributed by atoms with Crippen molar-refractivity contribution >= 4 is 39.9 Å². The van der Waals surface area contributed by atoms with Gasteiger partial charge in [-0.25, -0.2) is 15.8 Å². The zero-order chi connectivity index (χ0) is 27.5. The molecule has 39 heavy (non-hydrogen) atoms. The number of amides is 2. The molecule has 4 aromatic rings. The highest BCUT2D eigenvalue weighted by molar-refractivity contribution is 6.05. The Morgan fingerprint density at radius 3 is 2.62 bits per heavy atom. The molecule has 11 nitrogen and oxygen atoms in total. The Morgan fingerprint density at radius 2 is 1.87 bits per heavy atom. The summed E-state index contributed by atoms with van der Waals surface area (Å²) in [6, 6.07) is 9.18. The number of aromatic nitrogens is 4. The van der Waals surface area contributed by atoms with Gasteiger partial charge in [0.1, 0.15) is 17.2 Å². The smallest absolute Gasteiger partial charge is 0.256 e. The number of para-hydroxylation sites is 1. The summed E-state index contributed by atoms with van der Waals surface area (Å²) in [6.45, 7) is 10.0. The van der Waals surface area contributed by atoms with Crippen LogP contribution in [0.3, 0.4) is 0 Å². The number of fused-ring (bicyclic) bond motifs is 1. The molecule has 2 amide bonds. The Morgan fingerprint density at radius 1 is 1.10 bits per heavy atom. The maximum absolute atomic E-state index is 13.2. The molecule has 1 aliphatic rings. The monoisotopic (exact) mass is 526 g/mol. The van der Waals surface area contributed by atoms with Crippen LogP contribution in [0, 0.1) is 5.92 Å². The predicted molar refractivity (Wildman–Crippen MR) is 150 cm³/mol. The molecule has 4 heterocycles. The number of hydrogen-bond acceptors (Lipinski definition) is 8. The van der Waals surface area contributed by atoms with Gasteiger partial charge in [-0.1, -0.05) is 26.5 Å². The Hall–Kier alpha value is -4.61. The van der Waals surface area contributed by atoms with E-state index in [1.165, 1.54) is 0 Å². The number of anilines is 2. The van der Waals surface area contributed by atoms with Crippen LogP contribution in [0.5, 0.6) is 0 Å². The van der Waals surface area contributed by atoms with E-state index < -0.39 is 0 Å². The number of carbonyl (C=O) groups excluding carboxylic acids is 2. The molecule has 1 saturated heterocycles. The van der Waals surface area contributed by atoms with E-state index in [1.807, 2.05) is 38.1 Å². The van der Waals surface area contributed by atoms with Crippen LogP contribution in [0.2, 0.25) is 0 Å². The van der Waals surface area contributed by atoms with Crippen LogP contribution in [0.25, 0.3) is 27.7 Å². The van der Waals surface area contributed by atoms with Crippen molar-refractivity contribution in [3.63, 3.8) is 0 Å². The molecule has 0 aliphatic carbocycles. The van der Waals surface area contributed by atoms with Gasteiger partial charge in [-0.15, -0.1) is 0 Å². The third-order valence-electron chi connectivity index (χ3n) is 6.54. The van der Waals surface area contributed by atoms with Gasteiger partial charge in [0, 0.05) is 53.7 Å². The average molecular weight is 527 g/mol. The second-order valence-corrected chi connectivity index (χ2v) is 9.54. The number of nitrogens with two attached hydrogens (primary N) is 1. The molecule has 0 radical (unpaired) electrons. The van der Waals surface area contributed by atoms with Gasteiger partial charge in [0.05, 0.1) is 36.2 Å². The predicted octanol–water partition coefficient (Wildman–Crippen LogP) is 3.43. The van der Waals surface area contributed by atoms with E-state index in [-0.39, 0.29) is 17.7 Å². The molecule has 1 fully saturated rings. The van der Waals surface area contributed by atoms with Gasteiger partial charge < -0.3 is 25.4 Å². The Balaban J connectivity index is 1.48. The number of ether oxygens (including phenoxy) is 1. The number of hydrogen-bond donors (Lipinski definition) is 4. The highest BCUT2D eigenvalue weighted by Gasteiger charge is 2.23. The lowest BCUT2D eigenvalue weighted by atomic mass is 10.0. The summed E-state index contributed by atoms with van der Waals surface area (Å²) < 4.78 is 5.38. The van der Waals surface area contributed by atoms with E-state index in [0.717, 1.165) is 16.6 Å². The number of nitrogens with zero attached hydrogens (tertiary/aromatic N) is 4. The summed E-state index contributed by atoms with van der Waals surface area (Å²) in [7, 11) is 0. The zero-order valence-corrected chi connectivity index (χ0v) is 21.8. The van der Waals surface area contributed by atoms with Gasteiger partial charge in [0.15, 0.2) is 0 Å². The standard InChI is InChI=1S/C28H30N8O3/c1-16(2)27(37)32-20-11-18(13-30-15-20)19-12-22(26(35-29)31-14-19)17(3)25-33-23-6-4-5-21(24(23)34-25)28(38)36-7-9-39-10-8-36/h4-6,11-16H,3,7-10,29H2,1-2H3,(H,31,35)(H,32,37)(H,33,34). The quantitative estimate of drug-likeness (QED) is 0.211. The molecule has 3 aromatic heterocycles. The maximum atomic E-state index is 13.2. The lowest BCUT2D eigenvalue weighted by molar-refractivity contribution is -0.118. The Bertz CT molecular complexity index is 1560. The van der Waals surface area contributed by atoms with Crippen molar-refractivity contribution in [3.8, 4) is 11.1 Å². The molecular weight excluding hydrogens is 496 g/mol. The zero-order valence-electron chi connectivity index (χ0n) is 21.8. The molecule has 200 valence electrons. The Kier molecular flexibility index (Phi) is 7.35. The third-order valence-corrected chi connectivity index (χ3v) is 6.54. The van der Waals surface area contributed by atoms with E-state index in [1.54, 1.807) is 29.6 Å². The summed E-state index contributed by atoms with van der Waals surface area (Å²) in [5, 5.41) is 2.87. The van der Waals surface area contributed by atoms with Crippen LogP contribution in [0.15, 0.2) is 55.5 Å². The molecule has 5 N–H and O–H groups in total. The molecule has 0 spiro atoms. The minimum Gasteiger partial charge on any atom is -0.378 e. The number of morpholine rings is 1. The van der Waals surface area contributed by atoms with Gasteiger partial charge in [-0.05, 0) is 24.3 Å². The summed E-state index contributed by atoms with van der Waals surface area (Å²) in [4.78, 5) is 43.9. The first-order valence-corrected chi connectivity index (χ1v) is 12.6. The number of pyridine rings is 2. The van der Waals surface area contributed by atoms with Crippen LogP contribution in [-0.4, -0.2) is 63.0 Å². The van der Waals surface area contributed by atoms with Crippen LogP contribution >= 0.6 is 0 Å². The highest BCUT2D eigenvalue weighted by Crippen LogP contribution is 2.32. The van der Waals surface area contributed by atoms with Crippen molar-refractivity contribution in [2.45, 2.75) is 13.8 Å². The van der Waals surface area contributed by atoms with Crippen LogP contribution in [0.4, 0.5) is 11.5 Å². The lowest BCUT2D eigenvalue weighted by Gasteiger charge is -2.26. The number of aromatic amines is 1. The maximum Gasteiger partial charge on any atom is 0.256 e. The lowest BCUT2D eigenvalue weighted by Crippen LogP contribution is -2.40. The number of carbonyl (C=O) groups is 2. The number of rotatable bonds is 7. The molecule has 0 saturated carbocycles. The van der Waals surface area contributed by atoms with Gasteiger partial charge in [0.25, 0.3) is 5.91 Å². The van der Waals surface area contributed by atoms with Crippen molar-refractivity contribution in [3.05, 3.63) is 72.5 Å². The molecule has 11 heteroatoms. The molecule has 0 unspecified atom stereocenters. The van der Waals surface area contributed by atoms with E-state index in [4.69, 9.17) is 15.6 Å². The van der Waals surface area contributed by atoms with Crippen molar-refractivity contribution < 1.29 is 14.3 Å². The van der Waals surface area contributed by atoms with Gasteiger partial charge in [-0.2, -0.15) is 0 Å². The van der Waals surface area contributed by atoms with Crippen molar-refractivity contribution in [2.75, 3.05) is 37.0 Å². The summed E-state index contributed by atoms with van der Waals surface area (Å²) in [5.74, 6) is 6.33. The van der Waals surface area contributed by atoms with Gasteiger partial charge in [-0.3, -0.25) is 14.6 Å². The third kappa shape index (κ3) is 5.35. The largest absolute Gasteiger partial charge is 0.378 e. The fourth-order valence-electron chi connectivity index (χ4n) is 4.33. The summed E-state index contributed by atoms with van der Waals surface area (Å²) >= 11 is 0. The molecule has 0 bridgehead atoms. The van der Waals surface area contributed by atoms with E-state index in [2.05, 4.69) is 32.3 Å². The minimum atomic E-state index is -0.159. The molecular formula is C28H30N8O3. The minimum absolute atomic E-state index is 0.0857. The first kappa shape index (κ1) is 26.0. The Labute approximate surface area is 225 Å². The van der Waals surface area contributed by atoms with Crippen molar-refractivity contribution in [1.29, 1.82) is 0 Å². The molecule has 0 atom stereocenters. The normalized spacial score (nSPS) is 13.5. The van der Waals surface area contributed by atoms with Crippen LogP contribution in [-0.2, 0) is 9.53 Å². The number of benzene rings is 1. The summed E-state index contributed by atoms with van der Waals surface area (Å²) in [6.07, 6.45) is 4.95. The van der Waals surface area contributed by atoms with Crippen molar-refractivity contribution in [2.24, 2.45) is 11.8 Å². The average Bonchev–Trinajstić information content (AvgIpc) is 3.41. The van der Waals surface area contributed by atoms with Gasteiger partial charge in [0.2, 0.25) is 5.91 Å². The number of H-pyrrole nitrogens is 1. The molecule has 1 aromatic carbocycles. The number of imidazole rings is 1. The van der Waals surface area contributed by atoms with Crippen LogP contribution < -0.4 is 16.6 Å². The van der Waals surface area contributed by atoms with Crippen LogP contribution in [0.1, 0.15) is 35.6 Å². The number of nitrogens with one attached hydrogen (secondary N) is 3. The first-order valence-electron chi connectivity index (χ1n) is 12.6. The topological polar surface area (TPSA) is 151 Å². The summed E-state index contributed by atoms with van der Waals surface area (Å²) in [5.41, 5.74) is 7.66. The van der Waals surface area contributed by atoms with E-state index in [0.29, 0.717) is 65.8 Å². The fraction of sp³-hybridized carbons (Fsp3) is 0.250. The molecule has 1 aliphatic heterocycles. The second kappa shape index (κ2) is 11.0. The van der Waals surface area contributed by atoms with E-state index in [9.17, 15) is 9.59 Å². The van der Waals surface area contributed by atoms with E-state index >= 15 is 0 Å².